The Labute approximate surface area is 150 Å². The predicted molar refractivity (Wildman–Crippen MR) is 96.0 cm³/mol. The molecular weight excluding hydrogens is 357 g/mol. The van der Waals surface area contributed by atoms with Crippen molar-refractivity contribution in [3.05, 3.63) is 64.4 Å². The number of aromatic nitrogens is 2. The molecule has 2 aromatic heterocycles. The van der Waals surface area contributed by atoms with Gasteiger partial charge in [0.2, 0.25) is 0 Å². The van der Waals surface area contributed by atoms with E-state index in [0.29, 0.717) is 10.1 Å². The average Bonchev–Trinajstić information content (AvgIpc) is 3.22. The van der Waals surface area contributed by atoms with E-state index in [1.165, 1.54) is 12.1 Å². The maximum Gasteiger partial charge on any atom is 0.346 e. The van der Waals surface area contributed by atoms with Crippen LogP contribution in [0.5, 0.6) is 0 Å². The molecule has 4 rings (SSSR count). The molecule has 0 spiro atoms. The van der Waals surface area contributed by atoms with Crippen LogP contribution in [0.25, 0.3) is 21.0 Å². The van der Waals surface area contributed by atoms with Crippen LogP contribution in [0.2, 0.25) is 0 Å². The van der Waals surface area contributed by atoms with Crippen molar-refractivity contribution in [1.29, 1.82) is 0 Å². The molecule has 2 aromatic carbocycles. The molecule has 0 radical (unpaired) electrons. The first-order valence-electron chi connectivity index (χ1n) is 7.70. The third-order valence-electron chi connectivity index (χ3n) is 4.07. The number of thiophene rings is 1. The lowest BCUT2D eigenvalue weighted by Crippen LogP contribution is -2.24. The fraction of sp³-hybridized carbons (Fsp3) is 0.0556. The molecule has 1 amide bonds. The maximum atomic E-state index is 14.2. The highest BCUT2D eigenvalue weighted by molar-refractivity contribution is 7.21. The second-order valence-corrected chi connectivity index (χ2v) is 6.68. The van der Waals surface area contributed by atoms with Crippen LogP contribution in [-0.4, -0.2) is 27.2 Å². The van der Waals surface area contributed by atoms with E-state index in [-0.39, 0.29) is 28.1 Å². The number of aromatic amines is 1. The van der Waals surface area contributed by atoms with Crippen LogP contribution < -0.4 is 5.32 Å². The summed E-state index contributed by atoms with van der Waals surface area (Å²) in [6.07, 6.45) is 0. The van der Waals surface area contributed by atoms with Crippen molar-refractivity contribution in [3.8, 4) is 0 Å². The third kappa shape index (κ3) is 2.60. The largest absolute Gasteiger partial charge is 0.477 e. The van der Waals surface area contributed by atoms with Crippen molar-refractivity contribution in [1.82, 2.24) is 15.5 Å². The number of rotatable bonds is 4. The van der Waals surface area contributed by atoms with Crippen molar-refractivity contribution < 1.29 is 19.1 Å². The minimum Gasteiger partial charge on any atom is -0.477 e. The van der Waals surface area contributed by atoms with Gasteiger partial charge in [0, 0.05) is 27.6 Å². The van der Waals surface area contributed by atoms with Gasteiger partial charge in [-0.2, -0.15) is 5.10 Å². The summed E-state index contributed by atoms with van der Waals surface area (Å²) in [6, 6.07) is 11.6. The van der Waals surface area contributed by atoms with Gasteiger partial charge in [0.1, 0.15) is 10.7 Å². The number of carboxylic acids is 1. The zero-order valence-electron chi connectivity index (χ0n) is 13.2. The summed E-state index contributed by atoms with van der Waals surface area (Å²) in [5.41, 5.74) is 1.18. The number of benzene rings is 2. The summed E-state index contributed by atoms with van der Waals surface area (Å²) >= 11 is 0.985. The SMILES string of the molecule is O=C(O)c1sc2cccc(F)c2c1CNC(=O)c1n[nH]c2ccccc12. The number of nitrogens with one attached hydrogen (secondary N) is 2. The molecule has 0 saturated carbocycles. The Hall–Kier alpha value is -3.26. The summed E-state index contributed by atoms with van der Waals surface area (Å²) in [6.45, 7) is -0.109. The molecule has 0 fully saturated rings. The maximum absolute atomic E-state index is 14.2. The molecule has 0 bridgehead atoms. The lowest BCUT2D eigenvalue weighted by atomic mass is 10.1. The number of carbonyl (C=O) groups excluding carboxylic acids is 1. The van der Waals surface area contributed by atoms with Crippen molar-refractivity contribution in [2.24, 2.45) is 0 Å². The first kappa shape index (κ1) is 16.2. The Morgan fingerprint density at radius 2 is 2.00 bits per heavy atom. The first-order chi connectivity index (χ1) is 12.6. The monoisotopic (exact) mass is 369 g/mol. The molecule has 0 aliphatic heterocycles. The number of amides is 1. The molecular formula is C18H12FN3O3S. The van der Waals surface area contributed by atoms with E-state index in [1.807, 2.05) is 6.07 Å². The average molecular weight is 369 g/mol. The molecule has 0 atom stereocenters. The minimum absolute atomic E-state index is 0.0114. The fourth-order valence-electron chi connectivity index (χ4n) is 2.90. The van der Waals surface area contributed by atoms with Crippen LogP contribution in [-0.2, 0) is 6.54 Å². The Kier molecular flexibility index (Phi) is 3.89. The zero-order valence-corrected chi connectivity index (χ0v) is 14.1. The van der Waals surface area contributed by atoms with Crippen molar-refractivity contribution in [3.63, 3.8) is 0 Å². The lowest BCUT2D eigenvalue weighted by Gasteiger charge is -2.05. The van der Waals surface area contributed by atoms with Gasteiger partial charge >= 0.3 is 5.97 Å². The standard InChI is InChI=1S/C18H12FN3O3S/c19-11-5-3-7-13-14(11)10(16(26-13)18(24)25)8-20-17(23)15-9-4-1-2-6-12(9)21-22-15/h1-7H,8H2,(H,20,23)(H,21,22)(H,24,25). The van der Waals surface area contributed by atoms with Gasteiger partial charge in [-0.05, 0) is 18.2 Å². The smallest absolute Gasteiger partial charge is 0.346 e. The van der Waals surface area contributed by atoms with Gasteiger partial charge in [-0.15, -0.1) is 11.3 Å². The van der Waals surface area contributed by atoms with Gasteiger partial charge in [-0.25, -0.2) is 9.18 Å². The van der Waals surface area contributed by atoms with E-state index >= 15 is 0 Å². The fourth-order valence-corrected chi connectivity index (χ4v) is 3.97. The highest BCUT2D eigenvalue weighted by atomic mass is 32.1. The number of aromatic carboxylic acids is 1. The molecule has 4 aromatic rings. The van der Waals surface area contributed by atoms with Crippen LogP contribution >= 0.6 is 11.3 Å². The molecule has 0 aliphatic rings. The number of carbonyl (C=O) groups is 2. The number of hydrogen-bond acceptors (Lipinski definition) is 4. The highest BCUT2D eigenvalue weighted by Crippen LogP contribution is 2.33. The van der Waals surface area contributed by atoms with Gasteiger partial charge in [0.05, 0.1) is 5.52 Å². The predicted octanol–water partition coefficient (Wildman–Crippen LogP) is 3.54. The molecule has 0 aliphatic carbocycles. The molecule has 26 heavy (non-hydrogen) atoms. The topological polar surface area (TPSA) is 95.1 Å². The van der Waals surface area contributed by atoms with Crippen LogP contribution in [0.3, 0.4) is 0 Å². The van der Waals surface area contributed by atoms with E-state index in [2.05, 4.69) is 15.5 Å². The molecule has 2 heterocycles. The molecule has 8 heteroatoms. The molecule has 3 N–H and O–H groups in total. The first-order valence-corrected chi connectivity index (χ1v) is 8.52. The van der Waals surface area contributed by atoms with Crippen LogP contribution in [0, 0.1) is 5.82 Å². The van der Waals surface area contributed by atoms with E-state index < -0.39 is 17.7 Å². The van der Waals surface area contributed by atoms with Gasteiger partial charge < -0.3 is 10.4 Å². The number of halogens is 1. The van der Waals surface area contributed by atoms with Crippen molar-refractivity contribution >= 4 is 44.2 Å². The van der Waals surface area contributed by atoms with E-state index in [1.54, 1.807) is 24.3 Å². The molecule has 0 unspecified atom stereocenters. The van der Waals surface area contributed by atoms with E-state index in [9.17, 15) is 19.1 Å². The summed E-state index contributed by atoms with van der Waals surface area (Å²) in [5, 5.41) is 19.7. The lowest BCUT2D eigenvalue weighted by molar-refractivity contribution is 0.0700. The second kappa shape index (κ2) is 6.23. The van der Waals surface area contributed by atoms with Crippen LogP contribution in [0.1, 0.15) is 25.7 Å². The van der Waals surface area contributed by atoms with Gasteiger partial charge in [0.25, 0.3) is 5.91 Å². The molecule has 0 saturated heterocycles. The van der Waals surface area contributed by atoms with Gasteiger partial charge in [-0.1, -0.05) is 24.3 Å². The van der Waals surface area contributed by atoms with Gasteiger partial charge in [-0.3, -0.25) is 9.89 Å². The highest BCUT2D eigenvalue weighted by Gasteiger charge is 2.21. The number of para-hydroxylation sites is 1. The Morgan fingerprint density at radius 3 is 2.81 bits per heavy atom. The van der Waals surface area contributed by atoms with Crippen molar-refractivity contribution in [2.45, 2.75) is 6.54 Å². The van der Waals surface area contributed by atoms with Crippen molar-refractivity contribution in [2.75, 3.05) is 0 Å². The number of fused-ring (bicyclic) bond motifs is 2. The van der Waals surface area contributed by atoms with E-state index in [0.717, 1.165) is 16.9 Å². The summed E-state index contributed by atoms with van der Waals surface area (Å²) in [7, 11) is 0. The number of H-pyrrole nitrogens is 1. The normalized spacial score (nSPS) is 11.1. The quantitative estimate of drug-likeness (QED) is 0.513. The number of nitrogens with zero attached hydrogens (tertiary/aromatic N) is 1. The van der Waals surface area contributed by atoms with Crippen LogP contribution in [0.15, 0.2) is 42.5 Å². The Balaban J connectivity index is 1.68. The molecule has 6 nitrogen and oxygen atoms in total. The number of carboxylic acid groups (broad SMARTS) is 1. The summed E-state index contributed by atoms with van der Waals surface area (Å²) < 4.78 is 14.7. The molecule has 130 valence electrons. The Bertz CT molecular complexity index is 1170. The van der Waals surface area contributed by atoms with Gasteiger partial charge in [0.15, 0.2) is 5.69 Å². The Morgan fingerprint density at radius 1 is 1.19 bits per heavy atom. The summed E-state index contributed by atoms with van der Waals surface area (Å²) in [4.78, 5) is 24.0. The third-order valence-corrected chi connectivity index (χ3v) is 5.25. The number of hydrogen-bond donors (Lipinski definition) is 3. The second-order valence-electron chi connectivity index (χ2n) is 5.63. The minimum atomic E-state index is -1.15. The summed E-state index contributed by atoms with van der Waals surface area (Å²) in [5.74, 6) is -2.13. The zero-order chi connectivity index (χ0) is 18.3. The van der Waals surface area contributed by atoms with E-state index in [4.69, 9.17) is 0 Å². The van der Waals surface area contributed by atoms with Crippen LogP contribution in [0.4, 0.5) is 4.39 Å².